The largest absolute Gasteiger partial charge is 0.459 e. The summed E-state index contributed by atoms with van der Waals surface area (Å²) in [6.45, 7) is 0. The predicted molar refractivity (Wildman–Crippen MR) is 51.8 cm³/mol. The molecule has 0 aromatic carbocycles. The van der Waals surface area contributed by atoms with E-state index in [0.29, 0.717) is 5.76 Å². The molecule has 2 unspecified atom stereocenters. The van der Waals surface area contributed by atoms with Gasteiger partial charge in [-0.05, 0) is 31.4 Å². The number of nitrogens with one attached hydrogen (secondary N) is 1. The smallest absolute Gasteiger partial charge is 0.287 e. The summed E-state index contributed by atoms with van der Waals surface area (Å²) >= 11 is 0. The summed E-state index contributed by atoms with van der Waals surface area (Å²) in [7, 11) is 0. The van der Waals surface area contributed by atoms with Gasteiger partial charge in [-0.3, -0.25) is 4.79 Å². The molecule has 2 rings (SSSR count). The highest BCUT2D eigenvalue weighted by Gasteiger charge is 2.26. The van der Waals surface area contributed by atoms with Crippen LogP contribution >= 0.6 is 0 Å². The maximum Gasteiger partial charge on any atom is 0.287 e. The van der Waals surface area contributed by atoms with Gasteiger partial charge < -0.3 is 15.5 Å². The van der Waals surface area contributed by atoms with E-state index in [1.165, 1.54) is 6.26 Å². The lowest BCUT2D eigenvalue weighted by Crippen LogP contribution is -2.43. The zero-order valence-corrected chi connectivity index (χ0v) is 7.90. The SMILES string of the molecule is NC1CCCC1NC(=O)c1ccco1. The third-order valence-electron chi connectivity index (χ3n) is 2.63. The Bertz CT molecular complexity index is 308. The minimum atomic E-state index is -0.169. The molecule has 1 aliphatic carbocycles. The van der Waals surface area contributed by atoms with Crippen molar-refractivity contribution in [3.8, 4) is 0 Å². The molecule has 3 N–H and O–H groups in total. The third kappa shape index (κ3) is 1.80. The van der Waals surface area contributed by atoms with Crippen LogP contribution < -0.4 is 11.1 Å². The first-order valence-corrected chi connectivity index (χ1v) is 4.87. The second-order valence-corrected chi connectivity index (χ2v) is 3.65. The fourth-order valence-electron chi connectivity index (χ4n) is 1.82. The van der Waals surface area contributed by atoms with Crippen LogP contribution in [0.4, 0.5) is 0 Å². The highest BCUT2D eigenvalue weighted by atomic mass is 16.3. The Balaban J connectivity index is 1.95. The lowest BCUT2D eigenvalue weighted by Gasteiger charge is -2.15. The van der Waals surface area contributed by atoms with E-state index in [2.05, 4.69) is 5.32 Å². The Labute approximate surface area is 82.5 Å². The fourth-order valence-corrected chi connectivity index (χ4v) is 1.82. The zero-order chi connectivity index (χ0) is 9.97. The molecule has 0 bridgehead atoms. The van der Waals surface area contributed by atoms with Gasteiger partial charge >= 0.3 is 0 Å². The summed E-state index contributed by atoms with van der Waals surface area (Å²) in [5.41, 5.74) is 5.84. The summed E-state index contributed by atoms with van der Waals surface area (Å²) in [5, 5.41) is 2.87. The molecule has 1 aliphatic rings. The molecule has 4 nitrogen and oxygen atoms in total. The molecule has 1 fully saturated rings. The van der Waals surface area contributed by atoms with Gasteiger partial charge in [0, 0.05) is 12.1 Å². The molecule has 76 valence electrons. The van der Waals surface area contributed by atoms with E-state index in [1.807, 2.05) is 0 Å². The van der Waals surface area contributed by atoms with Crippen molar-refractivity contribution in [2.24, 2.45) is 5.73 Å². The van der Waals surface area contributed by atoms with Gasteiger partial charge in [0.05, 0.1) is 6.26 Å². The third-order valence-corrected chi connectivity index (χ3v) is 2.63. The monoisotopic (exact) mass is 194 g/mol. The number of furan rings is 1. The van der Waals surface area contributed by atoms with Gasteiger partial charge in [0.15, 0.2) is 5.76 Å². The summed E-state index contributed by atoms with van der Waals surface area (Å²) in [4.78, 5) is 11.5. The molecule has 1 saturated carbocycles. The number of carbonyl (C=O) groups is 1. The topological polar surface area (TPSA) is 68.3 Å². The van der Waals surface area contributed by atoms with E-state index >= 15 is 0 Å². The van der Waals surface area contributed by atoms with Gasteiger partial charge in [-0.25, -0.2) is 0 Å². The summed E-state index contributed by atoms with van der Waals surface area (Å²) in [6, 6.07) is 3.54. The highest BCUT2D eigenvalue weighted by Crippen LogP contribution is 2.17. The predicted octanol–water partition coefficient (Wildman–Crippen LogP) is 0.889. The molecule has 0 saturated heterocycles. The second kappa shape index (κ2) is 3.84. The first-order valence-electron chi connectivity index (χ1n) is 4.87. The molecule has 4 heteroatoms. The first kappa shape index (κ1) is 9.27. The van der Waals surface area contributed by atoms with Crippen LogP contribution in [-0.4, -0.2) is 18.0 Å². The Morgan fingerprint density at radius 3 is 3.00 bits per heavy atom. The van der Waals surface area contributed by atoms with Crippen LogP contribution in [0.2, 0.25) is 0 Å². The van der Waals surface area contributed by atoms with E-state index in [9.17, 15) is 4.79 Å². The summed E-state index contributed by atoms with van der Waals surface area (Å²) in [6.07, 6.45) is 4.53. The number of carbonyl (C=O) groups excluding carboxylic acids is 1. The van der Waals surface area contributed by atoms with Crippen LogP contribution in [0.1, 0.15) is 29.8 Å². The van der Waals surface area contributed by atoms with Crippen LogP contribution in [0, 0.1) is 0 Å². The van der Waals surface area contributed by atoms with Crippen molar-refractivity contribution in [1.82, 2.24) is 5.32 Å². The van der Waals surface area contributed by atoms with Gasteiger partial charge in [0.1, 0.15) is 0 Å². The minimum Gasteiger partial charge on any atom is -0.459 e. The Morgan fingerprint density at radius 1 is 1.57 bits per heavy atom. The van der Waals surface area contributed by atoms with Crippen molar-refractivity contribution in [3.05, 3.63) is 24.2 Å². The Hall–Kier alpha value is -1.29. The molecule has 0 spiro atoms. The lowest BCUT2D eigenvalue weighted by molar-refractivity contribution is 0.0906. The van der Waals surface area contributed by atoms with Crippen molar-refractivity contribution < 1.29 is 9.21 Å². The molecule has 2 atom stereocenters. The van der Waals surface area contributed by atoms with Crippen molar-refractivity contribution in [1.29, 1.82) is 0 Å². The van der Waals surface area contributed by atoms with Gasteiger partial charge in [-0.2, -0.15) is 0 Å². The summed E-state index contributed by atoms with van der Waals surface area (Å²) < 4.78 is 4.99. The van der Waals surface area contributed by atoms with Gasteiger partial charge in [-0.1, -0.05) is 0 Å². The van der Waals surface area contributed by atoms with Gasteiger partial charge in [0.25, 0.3) is 5.91 Å². The second-order valence-electron chi connectivity index (χ2n) is 3.65. The molecular formula is C10H14N2O2. The van der Waals surface area contributed by atoms with Crippen LogP contribution in [0.3, 0.4) is 0 Å². The number of hydrogen-bond donors (Lipinski definition) is 2. The highest BCUT2D eigenvalue weighted by molar-refractivity contribution is 5.91. The van der Waals surface area contributed by atoms with E-state index in [0.717, 1.165) is 19.3 Å². The van der Waals surface area contributed by atoms with Crippen LogP contribution in [-0.2, 0) is 0 Å². The maximum atomic E-state index is 11.5. The van der Waals surface area contributed by atoms with E-state index in [4.69, 9.17) is 10.2 Å². The van der Waals surface area contributed by atoms with E-state index in [-0.39, 0.29) is 18.0 Å². The van der Waals surface area contributed by atoms with Gasteiger partial charge in [-0.15, -0.1) is 0 Å². The Kier molecular flexibility index (Phi) is 2.54. The number of hydrogen-bond acceptors (Lipinski definition) is 3. The molecule has 1 aromatic rings. The average molecular weight is 194 g/mol. The first-order chi connectivity index (χ1) is 6.77. The van der Waals surface area contributed by atoms with Crippen LogP contribution in [0.15, 0.2) is 22.8 Å². The van der Waals surface area contributed by atoms with Crippen molar-refractivity contribution in [2.45, 2.75) is 31.3 Å². The van der Waals surface area contributed by atoms with E-state index < -0.39 is 0 Å². The Morgan fingerprint density at radius 2 is 2.43 bits per heavy atom. The number of amides is 1. The number of rotatable bonds is 2. The average Bonchev–Trinajstić information content (AvgIpc) is 2.77. The molecular weight excluding hydrogens is 180 g/mol. The summed E-state index contributed by atoms with van der Waals surface area (Å²) in [5.74, 6) is 0.182. The van der Waals surface area contributed by atoms with Crippen LogP contribution in [0.5, 0.6) is 0 Å². The normalized spacial score (nSPS) is 26.4. The standard InChI is InChI=1S/C10H14N2O2/c11-7-3-1-4-8(7)12-10(13)9-5-2-6-14-9/h2,5-8H,1,3-4,11H2,(H,12,13). The molecule has 0 aliphatic heterocycles. The quantitative estimate of drug-likeness (QED) is 0.734. The van der Waals surface area contributed by atoms with Crippen LogP contribution in [0.25, 0.3) is 0 Å². The molecule has 1 heterocycles. The molecule has 1 amide bonds. The van der Waals surface area contributed by atoms with Crippen molar-refractivity contribution in [2.75, 3.05) is 0 Å². The molecule has 0 radical (unpaired) electrons. The molecule has 14 heavy (non-hydrogen) atoms. The minimum absolute atomic E-state index is 0.0916. The van der Waals surface area contributed by atoms with Gasteiger partial charge in [0.2, 0.25) is 0 Å². The molecule has 1 aromatic heterocycles. The fraction of sp³-hybridized carbons (Fsp3) is 0.500. The lowest BCUT2D eigenvalue weighted by atomic mass is 10.2. The van der Waals surface area contributed by atoms with Crippen molar-refractivity contribution in [3.63, 3.8) is 0 Å². The number of nitrogens with two attached hydrogens (primary N) is 1. The maximum absolute atomic E-state index is 11.5. The zero-order valence-electron chi connectivity index (χ0n) is 7.90. The van der Waals surface area contributed by atoms with E-state index in [1.54, 1.807) is 12.1 Å². The van der Waals surface area contributed by atoms with Crippen molar-refractivity contribution >= 4 is 5.91 Å².